The number of carbonyl (C=O) groups is 2. The number of fused-ring (bicyclic) bond motifs is 1. The highest BCUT2D eigenvalue weighted by molar-refractivity contribution is 6.13. The van der Waals surface area contributed by atoms with E-state index in [0.717, 1.165) is 42.1 Å². The summed E-state index contributed by atoms with van der Waals surface area (Å²) in [6.07, 6.45) is 0.860. The third-order valence-corrected chi connectivity index (χ3v) is 6.04. The molecule has 1 N–H and O–H groups in total. The summed E-state index contributed by atoms with van der Waals surface area (Å²) in [5.41, 5.74) is 4.26. The third kappa shape index (κ3) is 3.50. The van der Waals surface area contributed by atoms with Crippen LogP contribution in [0.15, 0.2) is 36.4 Å². The molecule has 1 unspecified atom stereocenters. The number of nitrogens with zero attached hydrogens (tertiary/aromatic N) is 2. The average molecular weight is 410 g/mol. The molecule has 158 valence electrons. The van der Waals surface area contributed by atoms with E-state index in [4.69, 9.17) is 9.47 Å². The van der Waals surface area contributed by atoms with Crippen LogP contribution in [-0.4, -0.2) is 50.3 Å². The van der Waals surface area contributed by atoms with Gasteiger partial charge >= 0.3 is 6.03 Å². The number of nitrogens with one attached hydrogen (secondary N) is 1. The molecule has 30 heavy (non-hydrogen) atoms. The molecule has 2 aliphatic heterocycles. The van der Waals surface area contributed by atoms with Crippen molar-refractivity contribution in [1.29, 1.82) is 0 Å². The molecule has 0 radical (unpaired) electrons. The molecule has 1 fully saturated rings. The molecular weight excluding hydrogens is 382 g/mol. The number of anilines is 1. The van der Waals surface area contributed by atoms with Crippen LogP contribution in [0.1, 0.15) is 23.6 Å². The molecule has 7 heteroatoms. The van der Waals surface area contributed by atoms with Crippen LogP contribution in [0.2, 0.25) is 0 Å². The van der Waals surface area contributed by atoms with Crippen molar-refractivity contribution in [2.75, 3.05) is 32.3 Å². The van der Waals surface area contributed by atoms with Crippen LogP contribution >= 0.6 is 0 Å². The van der Waals surface area contributed by atoms with E-state index >= 15 is 0 Å². The first-order valence-corrected chi connectivity index (χ1v) is 10.2. The lowest BCUT2D eigenvalue weighted by molar-refractivity contribution is -0.923. The summed E-state index contributed by atoms with van der Waals surface area (Å²) in [5.74, 6) is 1.28. The summed E-state index contributed by atoms with van der Waals surface area (Å²) in [5, 5.41) is 0. The van der Waals surface area contributed by atoms with E-state index in [9.17, 15) is 9.59 Å². The molecule has 0 aromatic heterocycles. The van der Waals surface area contributed by atoms with E-state index in [0.29, 0.717) is 12.4 Å². The Kier molecular flexibility index (Phi) is 5.39. The predicted molar refractivity (Wildman–Crippen MR) is 113 cm³/mol. The molecule has 0 spiro atoms. The molecule has 0 aliphatic carbocycles. The van der Waals surface area contributed by atoms with E-state index in [2.05, 4.69) is 0 Å². The van der Waals surface area contributed by atoms with Crippen molar-refractivity contribution < 1.29 is 24.0 Å². The van der Waals surface area contributed by atoms with E-state index in [1.165, 1.54) is 15.4 Å². The number of aryl methyl sites for hydroxylation is 1. The Morgan fingerprint density at radius 3 is 2.30 bits per heavy atom. The molecule has 3 amide bonds. The van der Waals surface area contributed by atoms with Gasteiger partial charge in [-0.05, 0) is 43.7 Å². The zero-order chi connectivity index (χ0) is 21.4. The first-order valence-electron chi connectivity index (χ1n) is 10.2. The second kappa shape index (κ2) is 7.99. The topological polar surface area (TPSA) is 63.5 Å². The number of urea groups is 1. The van der Waals surface area contributed by atoms with Crippen molar-refractivity contribution in [1.82, 2.24) is 4.90 Å². The maximum Gasteiger partial charge on any atom is 0.336 e. The fourth-order valence-corrected chi connectivity index (χ4v) is 4.30. The number of carbonyl (C=O) groups excluding carboxylic acids is 2. The highest BCUT2D eigenvalue weighted by Crippen LogP contribution is 2.31. The zero-order valence-corrected chi connectivity index (χ0v) is 17.9. The minimum atomic E-state index is -0.499. The summed E-state index contributed by atoms with van der Waals surface area (Å²) in [6, 6.07) is 11.0. The van der Waals surface area contributed by atoms with Crippen LogP contribution in [0.4, 0.5) is 10.5 Å². The smallest absolute Gasteiger partial charge is 0.336 e. The molecule has 4 rings (SSSR count). The van der Waals surface area contributed by atoms with E-state index in [-0.39, 0.29) is 11.9 Å². The number of quaternary nitrogens is 1. The summed E-state index contributed by atoms with van der Waals surface area (Å²) in [4.78, 5) is 30.1. The van der Waals surface area contributed by atoms with Crippen molar-refractivity contribution in [2.24, 2.45) is 0 Å². The van der Waals surface area contributed by atoms with Crippen LogP contribution in [0.5, 0.6) is 11.5 Å². The summed E-state index contributed by atoms with van der Waals surface area (Å²) >= 11 is 0. The van der Waals surface area contributed by atoms with Crippen molar-refractivity contribution in [3.8, 4) is 11.5 Å². The molecule has 2 aromatic rings. The number of hydrogen-bond donors (Lipinski definition) is 1. The van der Waals surface area contributed by atoms with E-state index < -0.39 is 6.04 Å². The van der Waals surface area contributed by atoms with Gasteiger partial charge in [0.2, 0.25) is 0 Å². The Morgan fingerprint density at radius 2 is 1.67 bits per heavy atom. The SMILES string of the molecule is COc1cc2c(cc1OC)C[NH+](CN1C(=O)[C@@H](C)N(c3ccc(C)cc3)C1=O)CC2. The lowest BCUT2D eigenvalue weighted by Crippen LogP contribution is -3.13. The van der Waals surface area contributed by atoms with Gasteiger partial charge in [0.15, 0.2) is 18.2 Å². The van der Waals surface area contributed by atoms with Gasteiger partial charge < -0.3 is 14.4 Å². The molecule has 2 aliphatic rings. The molecule has 0 saturated carbocycles. The fraction of sp³-hybridized carbons (Fsp3) is 0.391. The van der Waals surface area contributed by atoms with Gasteiger partial charge in [0.1, 0.15) is 12.6 Å². The number of amides is 3. The number of benzene rings is 2. The van der Waals surface area contributed by atoms with Crippen LogP contribution in [0, 0.1) is 6.92 Å². The van der Waals surface area contributed by atoms with Crippen LogP contribution in [0.25, 0.3) is 0 Å². The Labute approximate surface area is 176 Å². The van der Waals surface area contributed by atoms with E-state index in [1.54, 1.807) is 26.0 Å². The Bertz CT molecular complexity index is 973. The van der Waals surface area contributed by atoms with E-state index in [1.807, 2.05) is 43.3 Å². The molecule has 0 bridgehead atoms. The van der Waals surface area contributed by atoms with Gasteiger partial charge in [-0.3, -0.25) is 9.69 Å². The van der Waals surface area contributed by atoms with Gasteiger partial charge in [0.25, 0.3) is 5.91 Å². The van der Waals surface area contributed by atoms with Crippen LogP contribution < -0.4 is 19.3 Å². The maximum absolute atomic E-state index is 13.1. The minimum Gasteiger partial charge on any atom is -0.493 e. The first kappa shape index (κ1) is 20.2. The molecule has 7 nitrogen and oxygen atoms in total. The predicted octanol–water partition coefficient (Wildman–Crippen LogP) is 1.77. The summed E-state index contributed by atoms with van der Waals surface area (Å²) in [6.45, 7) is 5.72. The Hall–Kier alpha value is -3.06. The number of rotatable bonds is 5. The number of ether oxygens (including phenoxy) is 2. The monoisotopic (exact) mass is 410 g/mol. The summed E-state index contributed by atoms with van der Waals surface area (Å²) in [7, 11) is 3.26. The third-order valence-electron chi connectivity index (χ3n) is 6.04. The molecule has 2 atom stereocenters. The minimum absolute atomic E-state index is 0.147. The van der Waals surface area contributed by atoms with Gasteiger partial charge in [-0.15, -0.1) is 0 Å². The fourth-order valence-electron chi connectivity index (χ4n) is 4.30. The van der Waals surface area contributed by atoms with Gasteiger partial charge in [-0.25, -0.2) is 9.69 Å². The average Bonchev–Trinajstić information content (AvgIpc) is 2.96. The van der Waals surface area contributed by atoms with Crippen LogP contribution in [-0.2, 0) is 17.8 Å². The quantitative estimate of drug-likeness (QED) is 0.764. The normalized spacial score (nSPS) is 21.1. The second-order valence-electron chi connectivity index (χ2n) is 7.99. The van der Waals surface area contributed by atoms with Gasteiger partial charge in [0.05, 0.1) is 20.8 Å². The summed E-state index contributed by atoms with van der Waals surface area (Å²) < 4.78 is 10.8. The lowest BCUT2D eigenvalue weighted by atomic mass is 9.99. The van der Waals surface area contributed by atoms with Crippen molar-refractivity contribution in [2.45, 2.75) is 32.9 Å². The number of methoxy groups -OCH3 is 2. The molecule has 1 saturated heterocycles. The Balaban J connectivity index is 1.51. The van der Waals surface area contributed by atoms with Gasteiger partial charge in [-0.2, -0.15) is 0 Å². The zero-order valence-electron chi connectivity index (χ0n) is 17.9. The van der Waals surface area contributed by atoms with Gasteiger partial charge in [0, 0.05) is 17.7 Å². The van der Waals surface area contributed by atoms with Crippen molar-refractivity contribution in [3.63, 3.8) is 0 Å². The van der Waals surface area contributed by atoms with Gasteiger partial charge in [-0.1, -0.05) is 17.7 Å². The maximum atomic E-state index is 13.1. The molecule has 2 heterocycles. The molecular formula is C23H28N3O4+. The number of hydrogen-bond acceptors (Lipinski definition) is 4. The highest BCUT2D eigenvalue weighted by Gasteiger charge is 2.45. The Morgan fingerprint density at radius 1 is 1.03 bits per heavy atom. The highest BCUT2D eigenvalue weighted by atomic mass is 16.5. The second-order valence-corrected chi connectivity index (χ2v) is 7.99. The standard InChI is InChI=1S/C23H27N3O4/c1-15-5-7-19(8-6-15)26-16(2)22(27)25(23(26)28)14-24-10-9-17-11-20(29-3)21(30-4)12-18(17)13-24/h5-8,11-12,16H,9-10,13-14H2,1-4H3/p+1/t16-/m1/s1. The largest absolute Gasteiger partial charge is 0.493 e. The lowest BCUT2D eigenvalue weighted by Gasteiger charge is -2.29. The van der Waals surface area contributed by atoms with Crippen molar-refractivity contribution in [3.05, 3.63) is 53.1 Å². The number of imide groups is 1. The van der Waals surface area contributed by atoms with Crippen LogP contribution in [0.3, 0.4) is 0 Å². The molecule has 2 aromatic carbocycles. The van der Waals surface area contributed by atoms with Crippen molar-refractivity contribution >= 4 is 17.6 Å². The first-order chi connectivity index (χ1) is 14.4.